The SMILES string of the molecule is COC(=O)C1Cc2cccc(S(=O)(=O)N3[C@H](C)CN(c4ccc(OCF)cc4)C[C@@H]3C)c2C1. The molecule has 3 atom stereocenters. The lowest BCUT2D eigenvalue weighted by Gasteiger charge is -2.44. The fourth-order valence-corrected chi connectivity index (χ4v) is 7.20. The van der Waals surface area contributed by atoms with Gasteiger partial charge in [-0.15, -0.1) is 0 Å². The van der Waals surface area contributed by atoms with Crippen LogP contribution in [0.15, 0.2) is 47.4 Å². The second kappa shape index (κ2) is 9.30. The van der Waals surface area contributed by atoms with E-state index >= 15 is 0 Å². The zero-order valence-corrected chi connectivity index (χ0v) is 19.8. The van der Waals surface area contributed by atoms with E-state index in [2.05, 4.69) is 4.90 Å². The van der Waals surface area contributed by atoms with E-state index in [0.717, 1.165) is 16.8 Å². The first-order valence-corrected chi connectivity index (χ1v) is 12.5. The number of rotatable bonds is 6. The highest BCUT2D eigenvalue weighted by Gasteiger charge is 2.41. The number of alkyl halides is 1. The third kappa shape index (κ3) is 4.44. The molecule has 0 saturated carbocycles. The number of hydrogen-bond acceptors (Lipinski definition) is 6. The standard InChI is InChI=1S/C24H29FN2O5S/c1-16-13-26(20-7-9-21(10-8-20)32-15-25)14-17(2)27(16)33(29,30)23-6-4-5-18-11-19(12-22(18)23)24(28)31-3/h4-10,16-17,19H,11-15H2,1-3H3/t16-,17+,19?. The molecule has 2 aromatic carbocycles. The van der Waals surface area contributed by atoms with Gasteiger partial charge in [0, 0.05) is 30.9 Å². The molecular formula is C24H29FN2O5S. The van der Waals surface area contributed by atoms with Crippen molar-refractivity contribution in [1.82, 2.24) is 4.31 Å². The maximum atomic E-state index is 13.8. The Labute approximate surface area is 194 Å². The van der Waals surface area contributed by atoms with Crippen molar-refractivity contribution in [2.24, 2.45) is 5.92 Å². The summed E-state index contributed by atoms with van der Waals surface area (Å²) in [5.74, 6) is -0.211. The monoisotopic (exact) mass is 476 g/mol. The highest BCUT2D eigenvalue weighted by molar-refractivity contribution is 7.89. The molecular weight excluding hydrogens is 447 g/mol. The van der Waals surface area contributed by atoms with Crippen LogP contribution < -0.4 is 9.64 Å². The van der Waals surface area contributed by atoms with Gasteiger partial charge in [0.15, 0.2) is 0 Å². The number of halogens is 1. The summed E-state index contributed by atoms with van der Waals surface area (Å²) >= 11 is 0. The molecule has 1 aliphatic carbocycles. The molecule has 4 rings (SSSR count). The maximum absolute atomic E-state index is 13.8. The summed E-state index contributed by atoms with van der Waals surface area (Å²) in [4.78, 5) is 14.5. The normalized spacial score (nSPS) is 23.3. The summed E-state index contributed by atoms with van der Waals surface area (Å²) in [6.07, 6.45) is 0.861. The average Bonchev–Trinajstić information content (AvgIpc) is 3.23. The van der Waals surface area contributed by atoms with Crippen molar-refractivity contribution in [3.05, 3.63) is 53.6 Å². The molecule has 1 heterocycles. The number of piperazine rings is 1. The van der Waals surface area contributed by atoms with Gasteiger partial charge in [-0.2, -0.15) is 4.31 Å². The first kappa shape index (κ1) is 23.5. The van der Waals surface area contributed by atoms with Crippen molar-refractivity contribution < 1.29 is 27.1 Å². The number of anilines is 1. The number of ether oxygens (including phenoxy) is 2. The topological polar surface area (TPSA) is 76.2 Å². The molecule has 0 N–H and O–H groups in total. The summed E-state index contributed by atoms with van der Waals surface area (Å²) < 4.78 is 51.3. The maximum Gasteiger partial charge on any atom is 0.309 e. The van der Waals surface area contributed by atoms with Gasteiger partial charge >= 0.3 is 5.97 Å². The Morgan fingerprint density at radius 2 is 1.73 bits per heavy atom. The number of hydrogen-bond donors (Lipinski definition) is 0. The van der Waals surface area contributed by atoms with Crippen molar-refractivity contribution in [3.63, 3.8) is 0 Å². The number of fused-ring (bicyclic) bond motifs is 1. The van der Waals surface area contributed by atoms with Crippen LogP contribution in [0.1, 0.15) is 25.0 Å². The number of carbonyl (C=O) groups is 1. The van der Waals surface area contributed by atoms with Gasteiger partial charge in [0.05, 0.1) is 17.9 Å². The predicted octanol–water partition coefficient (Wildman–Crippen LogP) is 3.17. The lowest BCUT2D eigenvalue weighted by molar-refractivity contribution is -0.145. The van der Waals surface area contributed by atoms with Crippen LogP contribution in [0, 0.1) is 5.92 Å². The number of esters is 1. The van der Waals surface area contributed by atoms with E-state index in [1.165, 1.54) is 7.11 Å². The van der Waals surface area contributed by atoms with Gasteiger partial charge in [-0.25, -0.2) is 12.8 Å². The Balaban J connectivity index is 1.57. The smallest absolute Gasteiger partial charge is 0.309 e. The minimum Gasteiger partial charge on any atom is -0.469 e. The van der Waals surface area contributed by atoms with Crippen molar-refractivity contribution >= 4 is 21.7 Å². The van der Waals surface area contributed by atoms with Crippen LogP contribution in [0.5, 0.6) is 5.75 Å². The summed E-state index contributed by atoms with van der Waals surface area (Å²) in [7, 11) is -2.41. The second-order valence-electron chi connectivity index (χ2n) is 8.71. The molecule has 0 spiro atoms. The van der Waals surface area contributed by atoms with Crippen molar-refractivity contribution in [2.75, 3.05) is 32.0 Å². The Morgan fingerprint density at radius 1 is 1.06 bits per heavy atom. The summed E-state index contributed by atoms with van der Waals surface area (Å²) in [6.45, 7) is 3.97. The lowest BCUT2D eigenvalue weighted by atomic mass is 10.1. The van der Waals surface area contributed by atoms with Gasteiger partial charge in [-0.05, 0) is 68.1 Å². The predicted molar refractivity (Wildman–Crippen MR) is 123 cm³/mol. The van der Waals surface area contributed by atoms with E-state index in [1.807, 2.05) is 32.0 Å². The van der Waals surface area contributed by atoms with Crippen LogP contribution in [-0.4, -0.2) is 57.8 Å². The fourth-order valence-electron chi connectivity index (χ4n) is 5.12. The van der Waals surface area contributed by atoms with Crippen molar-refractivity contribution in [1.29, 1.82) is 0 Å². The number of carbonyl (C=O) groups excluding carboxylic acids is 1. The Bertz CT molecular complexity index is 1110. The molecule has 2 aromatic rings. The summed E-state index contributed by atoms with van der Waals surface area (Å²) in [5.41, 5.74) is 2.54. The fraction of sp³-hybridized carbons (Fsp3) is 0.458. The largest absolute Gasteiger partial charge is 0.469 e. The van der Waals surface area contributed by atoms with Gasteiger partial charge in [0.25, 0.3) is 0 Å². The molecule has 9 heteroatoms. The van der Waals surface area contributed by atoms with Gasteiger partial charge in [-0.3, -0.25) is 4.79 Å². The van der Waals surface area contributed by atoms with Crippen LogP contribution in [0.3, 0.4) is 0 Å². The minimum absolute atomic E-state index is 0.269. The first-order chi connectivity index (χ1) is 15.8. The third-order valence-corrected chi connectivity index (χ3v) is 8.71. The molecule has 1 unspecified atom stereocenters. The molecule has 7 nitrogen and oxygen atoms in total. The van der Waals surface area contributed by atoms with Crippen molar-refractivity contribution in [3.8, 4) is 5.75 Å². The third-order valence-electron chi connectivity index (χ3n) is 6.50. The Morgan fingerprint density at radius 3 is 2.33 bits per heavy atom. The molecule has 2 aliphatic rings. The molecule has 0 bridgehead atoms. The van der Waals surface area contributed by atoms with E-state index in [4.69, 9.17) is 9.47 Å². The first-order valence-electron chi connectivity index (χ1n) is 11.0. The van der Waals surface area contributed by atoms with Crippen LogP contribution >= 0.6 is 0 Å². The number of methoxy groups -OCH3 is 1. The van der Waals surface area contributed by atoms with E-state index in [-0.39, 0.29) is 28.9 Å². The van der Waals surface area contributed by atoms with Crippen LogP contribution in [0.2, 0.25) is 0 Å². The Kier molecular flexibility index (Phi) is 6.63. The molecule has 1 saturated heterocycles. The van der Waals surface area contributed by atoms with Crippen LogP contribution in [0.4, 0.5) is 10.1 Å². The lowest BCUT2D eigenvalue weighted by Crippen LogP contribution is -2.58. The molecule has 178 valence electrons. The minimum atomic E-state index is -3.77. The van der Waals surface area contributed by atoms with Gasteiger partial charge in [0.2, 0.25) is 16.9 Å². The summed E-state index contributed by atoms with van der Waals surface area (Å²) in [6, 6.07) is 11.9. The Hall–Kier alpha value is -2.65. The van der Waals surface area contributed by atoms with Crippen LogP contribution in [0.25, 0.3) is 0 Å². The number of nitrogens with zero attached hydrogens (tertiary/aromatic N) is 2. The zero-order chi connectivity index (χ0) is 23.8. The van der Waals surface area contributed by atoms with E-state index in [0.29, 0.717) is 31.7 Å². The number of benzene rings is 2. The van der Waals surface area contributed by atoms with Crippen molar-refractivity contribution in [2.45, 2.75) is 43.7 Å². The van der Waals surface area contributed by atoms with Gasteiger partial charge in [-0.1, -0.05) is 12.1 Å². The second-order valence-corrected chi connectivity index (χ2v) is 10.5. The van der Waals surface area contributed by atoms with Gasteiger partial charge < -0.3 is 14.4 Å². The zero-order valence-electron chi connectivity index (χ0n) is 19.0. The summed E-state index contributed by atoms with van der Waals surface area (Å²) in [5, 5.41) is 0. The highest BCUT2D eigenvalue weighted by Crippen LogP contribution is 2.36. The van der Waals surface area contributed by atoms with Gasteiger partial charge in [0.1, 0.15) is 5.75 Å². The quantitative estimate of drug-likeness (QED) is 0.596. The van der Waals surface area contributed by atoms with E-state index in [9.17, 15) is 17.6 Å². The van der Waals surface area contributed by atoms with Crippen LogP contribution in [-0.2, 0) is 32.4 Å². The molecule has 0 radical (unpaired) electrons. The molecule has 33 heavy (non-hydrogen) atoms. The number of sulfonamides is 1. The molecule has 0 amide bonds. The molecule has 0 aromatic heterocycles. The highest BCUT2D eigenvalue weighted by atomic mass is 32.2. The average molecular weight is 477 g/mol. The molecule has 1 aliphatic heterocycles. The van der Waals surface area contributed by atoms with E-state index < -0.39 is 16.9 Å². The van der Waals surface area contributed by atoms with E-state index in [1.54, 1.807) is 28.6 Å². The molecule has 1 fully saturated rings.